The first-order chi connectivity index (χ1) is 16.4. The van der Waals surface area contributed by atoms with Gasteiger partial charge in [0.15, 0.2) is 0 Å². The lowest BCUT2D eigenvalue weighted by Gasteiger charge is -2.01. The second-order valence-corrected chi connectivity index (χ2v) is 9.37. The largest absolute Gasteiger partial charge is 0.299 e. The number of carbonyl (C=O) groups excluding carboxylic acids is 3. The summed E-state index contributed by atoms with van der Waals surface area (Å²) in [5, 5.41) is 0. The molecule has 0 radical (unpaired) electrons. The molecule has 0 aromatic heterocycles. The molecule has 0 aliphatic heterocycles. The van der Waals surface area contributed by atoms with Crippen molar-refractivity contribution in [3.05, 3.63) is 140 Å². The second-order valence-electron chi connectivity index (χ2n) is 7.54. The van der Waals surface area contributed by atoms with Gasteiger partial charge in [-0.15, -0.1) is 0 Å². The van der Waals surface area contributed by atoms with Gasteiger partial charge in [-0.2, -0.15) is 0 Å². The van der Waals surface area contributed by atoms with Crippen LogP contribution in [0.4, 0.5) is 0 Å². The van der Waals surface area contributed by atoms with Crippen molar-refractivity contribution in [2.24, 2.45) is 0 Å². The Morgan fingerprint density at radius 3 is 1.12 bits per heavy atom. The SMILES string of the molecule is O=C(C(=O)c1ccc(Br)cc1)c1ccc(Br)cc1.O=C(Cc1ccccc1)Cc1ccccc1. The molecule has 0 aliphatic carbocycles. The lowest BCUT2D eigenvalue weighted by molar-refractivity contribution is -0.117. The van der Waals surface area contributed by atoms with Crippen molar-refractivity contribution in [2.75, 3.05) is 0 Å². The molecule has 0 atom stereocenters. The minimum atomic E-state index is -0.496. The van der Waals surface area contributed by atoms with Crippen LogP contribution in [0.5, 0.6) is 0 Å². The minimum absolute atomic E-state index is 0.261. The van der Waals surface area contributed by atoms with Gasteiger partial charge in [-0.25, -0.2) is 0 Å². The Hall–Kier alpha value is -3.15. The molecule has 5 heteroatoms. The quantitative estimate of drug-likeness (QED) is 0.171. The van der Waals surface area contributed by atoms with Crippen molar-refractivity contribution >= 4 is 49.2 Å². The van der Waals surface area contributed by atoms with Crippen LogP contribution in [-0.2, 0) is 17.6 Å². The molecule has 0 saturated carbocycles. The Morgan fingerprint density at radius 1 is 0.471 bits per heavy atom. The Bertz CT molecular complexity index is 1140. The fraction of sp³-hybridized carbons (Fsp3) is 0.0690. The zero-order valence-electron chi connectivity index (χ0n) is 18.3. The average molecular weight is 578 g/mol. The van der Waals surface area contributed by atoms with E-state index in [0.29, 0.717) is 24.0 Å². The van der Waals surface area contributed by atoms with Gasteiger partial charge < -0.3 is 0 Å². The third-order valence-electron chi connectivity index (χ3n) is 4.91. The average Bonchev–Trinajstić information content (AvgIpc) is 2.86. The molecule has 0 bridgehead atoms. The summed E-state index contributed by atoms with van der Waals surface area (Å²) in [4.78, 5) is 35.7. The Balaban J connectivity index is 0.000000192. The van der Waals surface area contributed by atoms with Crippen molar-refractivity contribution in [3.63, 3.8) is 0 Å². The van der Waals surface area contributed by atoms with Crippen LogP contribution in [0.2, 0.25) is 0 Å². The minimum Gasteiger partial charge on any atom is -0.299 e. The molecule has 0 heterocycles. The molecule has 4 rings (SSSR count). The molecule has 0 fully saturated rings. The summed E-state index contributed by atoms with van der Waals surface area (Å²) in [5.41, 5.74) is 2.96. The predicted octanol–water partition coefficient (Wildman–Crippen LogP) is 7.32. The molecule has 0 N–H and O–H groups in total. The zero-order valence-corrected chi connectivity index (χ0v) is 21.5. The molecule has 0 amide bonds. The zero-order chi connectivity index (χ0) is 24.3. The molecule has 170 valence electrons. The summed E-state index contributed by atoms with van der Waals surface area (Å²) in [6.45, 7) is 0. The van der Waals surface area contributed by atoms with E-state index in [1.807, 2.05) is 60.7 Å². The summed E-state index contributed by atoms with van der Waals surface area (Å²) in [6.07, 6.45) is 1.05. The van der Waals surface area contributed by atoms with E-state index in [2.05, 4.69) is 31.9 Å². The van der Waals surface area contributed by atoms with Crippen LogP contribution < -0.4 is 0 Å². The summed E-state index contributed by atoms with van der Waals surface area (Å²) < 4.78 is 1.74. The highest BCUT2D eigenvalue weighted by atomic mass is 79.9. The smallest absolute Gasteiger partial charge is 0.233 e. The van der Waals surface area contributed by atoms with Gasteiger partial charge in [-0.1, -0.05) is 92.5 Å². The van der Waals surface area contributed by atoms with Crippen molar-refractivity contribution in [1.82, 2.24) is 0 Å². The third-order valence-corrected chi connectivity index (χ3v) is 5.96. The molecule has 0 spiro atoms. The van der Waals surface area contributed by atoms with Gasteiger partial charge >= 0.3 is 0 Å². The third kappa shape index (κ3) is 8.01. The maximum Gasteiger partial charge on any atom is 0.233 e. The first-order valence-electron chi connectivity index (χ1n) is 10.6. The lowest BCUT2D eigenvalue weighted by atomic mass is 10.0. The number of Topliss-reactive ketones (excluding diaryl/α,β-unsaturated/α-hetero) is 3. The number of ketones is 3. The van der Waals surface area contributed by atoms with Crippen LogP contribution >= 0.6 is 31.9 Å². The summed E-state index contributed by atoms with van der Waals surface area (Å²) in [6, 6.07) is 33.2. The highest BCUT2D eigenvalue weighted by Gasteiger charge is 2.17. The molecule has 0 unspecified atom stereocenters. The van der Waals surface area contributed by atoms with Crippen LogP contribution in [0.15, 0.2) is 118 Å². The molecular weight excluding hydrogens is 556 g/mol. The summed E-state index contributed by atoms with van der Waals surface area (Å²) in [5.74, 6) is -0.730. The van der Waals surface area contributed by atoms with E-state index < -0.39 is 11.6 Å². The normalized spacial score (nSPS) is 10.1. The van der Waals surface area contributed by atoms with E-state index >= 15 is 0 Å². The monoisotopic (exact) mass is 576 g/mol. The van der Waals surface area contributed by atoms with E-state index in [0.717, 1.165) is 20.1 Å². The van der Waals surface area contributed by atoms with Crippen molar-refractivity contribution in [1.29, 1.82) is 0 Å². The van der Waals surface area contributed by atoms with E-state index in [4.69, 9.17) is 0 Å². The van der Waals surface area contributed by atoms with E-state index in [1.54, 1.807) is 48.5 Å². The topological polar surface area (TPSA) is 51.2 Å². The van der Waals surface area contributed by atoms with Crippen molar-refractivity contribution in [3.8, 4) is 0 Å². The van der Waals surface area contributed by atoms with Gasteiger partial charge in [0, 0.05) is 32.9 Å². The van der Waals surface area contributed by atoms with Gasteiger partial charge in [0.1, 0.15) is 5.78 Å². The molecule has 4 aromatic rings. The van der Waals surface area contributed by atoms with Gasteiger partial charge in [0.25, 0.3) is 0 Å². The molecular formula is C29H22Br2O3. The summed E-state index contributed by atoms with van der Waals surface area (Å²) in [7, 11) is 0. The number of benzene rings is 4. The number of hydrogen-bond acceptors (Lipinski definition) is 3. The lowest BCUT2D eigenvalue weighted by Crippen LogP contribution is -2.14. The maximum absolute atomic E-state index is 12.0. The Kier molecular flexibility index (Phi) is 9.68. The highest BCUT2D eigenvalue weighted by Crippen LogP contribution is 2.15. The van der Waals surface area contributed by atoms with Crippen LogP contribution in [-0.4, -0.2) is 17.3 Å². The van der Waals surface area contributed by atoms with E-state index in [1.165, 1.54) is 0 Å². The molecule has 0 saturated heterocycles. The van der Waals surface area contributed by atoms with Gasteiger partial charge in [0.05, 0.1) is 0 Å². The van der Waals surface area contributed by atoms with Gasteiger partial charge in [-0.05, 0) is 59.7 Å². The first kappa shape index (κ1) is 25.5. The van der Waals surface area contributed by atoms with Crippen LogP contribution in [0.3, 0.4) is 0 Å². The maximum atomic E-state index is 12.0. The highest BCUT2D eigenvalue weighted by molar-refractivity contribution is 9.10. The fourth-order valence-corrected chi connectivity index (χ4v) is 3.70. The summed E-state index contributed by atoms with van der Waals surface area (Å²) >= 11 is 6.57. The molecule has 4 aromatic carbocycles. The predicted molar refractivity (Wildman–Crippen MR) is 142 cm³/mol. The van der Waals surface area contributed by atoms with Crippen LogP contribution in [0.25, 0.3) is 0 Å². The van der Waals surface area contributed by atoms with Crippen molar-refractivity contribution < 1.29 is 14.4 Å². The fourth-order valence-electron chi connectivity index (χ4n) is 3.17. The molecule has 3 nitrogen and oxygen atoms in total. The molecule has 34 heavy (non-hydrogen) atoms. The molecule has 0 aliphatic rings. The number of halogens is 2. The van der Waals surface area contributed by atoms with Gasteiger partial charge in [0.2, 0.25) is 11.6 Å². The first-order valence-corrected chi connectivity index (χ1v) is 12.2. The van der Waals surface area contributed by atoms with E-state index in [-0.39, 0.29) is 5.78 Å². The van der Waals surface area contributed by atoms with Crippen LogP contribution in [0, 0.1) is 0 Å². The number of rotatable bonds is 7. The van der Waals surface area contributed by atoms with E-state index in [9.17, 15) is 14.4 Å². The van der Waals surface area contributed by atoms with Crippen LogP contribution in [0.1, 0.15) is 31.8 Å². The number of hydrogen-bond donors (Lipinski definition) is 0. The van der Waals surface area contributed by atoms with Gasteiger partial charge in [-0.3, -0.25) is 14.4 Å². The van der Waals surface area contributed by atoms with Crippen molar-refractivity contribution in [2.45, 2.75) is 12.8 Å². The number of carbonyl (C=O) groups is 3. The Labute approximate surface area is 216 Å². The second kappa shape index (κ2) is 12.9. The Morgan fingerprint density at radius 2 is 0.794 bits per heavy atom. The standard InChI is InChI=1S/C15H14O.C14H8Br2O2/c16-15(11-13-7-3-1-4-8-13)12-14-9-5-2-6-10-14;15-11-5-1-9(2-6-11)13(17)14(18)10-3-7-12(16)8-4-10/h1-10H,11-12H2;1-8H.